The molecule has 1 aliphatic rings. The van der Waals surface area contributed by atoms with Gasteiger partial charge in [0.2, 0.25) is 0 Å². The van der Waals surface area contributed by atoms with Crippen molar-refractivity contribution in [3.8, 4) is 5.75 Å². The highest BCUT2D eigenvalue weighted by Crippen LogP contribution is 2.32. The van der Waals surface area contributed by atoms with E-state index in [1.165, 1.54) is 22.4 Å². The third-order valence-electron chi connectivity index (χ3n) is 6.27. The van der Waals surface area contributed by atoms with Crippen LogP contribution >= 0.6 is 0 Å². The monoisotopic (exact) mass is 448 g/mol. The molecule has 4 rings (SSSR count). The number of aromatic nitrogens is 4. The Labute approximate surface area is 197 Å². The number of aryl methyl sites for hydroxylation is 2. The van der Waals surface area contributed by atoms with Crippen LogP contribution in [0.4, 0.5) is 5.69 Å². The Kier molecular flexibility index (Phi) is 6.70. The SMILES string of the molecule is CCOc1ccc(C(c2nnnn2C(C)(C)C)N2CCN(c3cc(C)ccc3C)CC2)cc1. The van der Waals surface area contributed by atoms with E-state index in [9.17, 15) is 0 Å². The van der Waals surface area contributed by atoms with E-state index in [0.717, 1.165) is 37.8 Å². The lowest BCUT2D eigenvalue weighted by Gasteiger charge is -2.41. The van der Waals surface area contributed by atoms with Crippen LogP contribution in [0.5, 0.6) is 5.75 Å². The first-order valence-electron chi connectivity index (χ1n) is 11.9. The molecule has 33 heavy (non-hydrogen) atoms. The van der Waals surface area contributed by atoms with Crippen LogP contribution < -0.4 is 9.64 Å². The van der Waals surface area contributed by atoms with Gasteiger partial charge in [0, 0.05) is 31.9 Å². The highest BCUT2D eigenvalue weighted by molar-refractivity contribution is 5.55. The zero-order valence-electron chi connectivity index (χ0n) is 20.7. The summed E-state index contributed by atoms with van der Waals surface area (Å²) in [4.78, 5) is 5.01. The van der Waals surface area contributed by atoms with Gasteiger partial charge in [0.05, 0.1) is 18.2 Å². The molecule has 0 bridgehead atoms. The van der Waals surface area contributed by atoms with E-state index in [2.05, 4.69) is 90.3 Å². The van der Waals surface area contributed by atoms with Gasteiger partial charge < -0.3 is 9.64 Å². The van der Waals surface area contributed by atoms with Crippen molar-refractivity contribution in [1.82, 2.24) is 25.1 Å². The molecule has 1 saturated heterocycles. The van der Waals surface area contributed by atoms with Crippen molar-refractivity contribution in [2.24, 2.45) is 0 Å². The van der Waals surface area contributed by atoms with Crippen molar-refractivity contribution >= 4 is 5.69 Å². The van der Waals surface area contributed by atoms with Crippen molar-refractivity contribution in [3.05, 3.63) is 65.0 Å². The molecule has 3 aromatic rings. The molecule has 1 fully saturated rings. The van der Waals surface area contributed by atoms with Crippen LogP contribution in [0, 0.1) is 13.8 Å². The Morgan fingerprint density at radius 3 is 2.30 bits per heavy atom. The summed E-state index contributed by atoms with van der Waals surface area (Å²) in [6.07, 6.45) is 0. The minimum atomic E-state index is -0.206. The summed E-state index contributed by atoms with van der Waals surface area (Å²) < 4.78 is 7.64. The zero-order chi connectivity index (χ0) is 23.6. The Bertz CT molecular complexity index is 1060. The number of rotatable bonds is 6. The van der Waals surface area contributed by atoms with Crippen LogP contribution in [0.3, 0.4) is 0 Å². The number of tetrazole rings is 1. The molecule has 0 saturated carbocycles. The van der Waals surface area contributed by atoms with Gasteiger partial charge >= 0.3 is 0 Å². The van der Waals surface area contributed by atoms with Crippen LogP contribution in [-0.2, 0) is 5.54 Å². The fraction of sp³-hybridized carbons (Fsp3) is 0.500. The predicted octanol–water partition coefficient (Wildman–Crippen LogP) is 4.36. The maximum absolute atomic E-state index is 5.67. The average Bonchev–Trinajstić information content (AvgIpc) is 3.28. The second-order valence-corrected chi connectivity index (χ2v) is 9.84. The number of hydrogen-bond acceptors (Lipinski definition) is 6. The molecule has 0 spiro atoms. The second kappa shape index (κ2) is 9.51. The van der Waals surface area contributed by atoms with Crippen molar-refractivity contribution in [2.75, 3.05) is 37.7 Å². The van der Waals surface area contributed by atoms with E-state index in [1.807, 2.05) is 23.7 Å². The lowest BCUT2D eigenvalue weighted by atomic mass is 10.0. The highest BCUT2D eigenvalue weighted by Gasteiger charge is 2.33. The minimum absolute atomic E-state index is 0.0179. The molecule has 1 aliphatic heterocycles. The normalized spacial score (nSPS) is 16.1. The molecule has 176 valence electrons. The number of ether oxygens (including phenoxy) is 1. The van der Waals surface area contributed by atoms with Gasteiger partial charge in [-0.1, -0.05) is 24.3 Å². The Hall–Kier alpha value is -2.93. The number of piperazine rings is 1. The summed E-state index contributed by atoms with van der Waals surface area (Å²) in [5, 5.41) is 12.9. The molecular formula is C26H36N6O. The summed E-state index contributed by atoms with van der Waals surface area (Å²) in [7, 11) is 0. The molecule has 1 aromatic heterocycles. The fourth-order valence-corrected chi connectivity index (χ4v) is 4.56. The number of benzene rings is 2. The minimum Gasteiger partial charge on any atom is -0.494 e. The molecule has 0 amide bonds. The van der Waals surface area contributed by atoms with Gasteiger partial charge in [-0.3, -0.25) is 4.90 Å². The van der Waals surface area contributed by atoms with Crippen LogP contribution in [0.15, 0.2) is 42.5 Å². The van der Waals surface area contributed by atoms with E-state index in [1.54, 1.807) is 0 Å². The van der Waals surface area contributed by atoms with Crippen LogP contribution in [0.2, 0.25) is 0 Å². The standard InChI is InChI=1S/C26H36N6O/c1-7-33-22-12-10-21(11-13-22)24(25-27-28-29-32(25)26(4,5)6)31-16-14-30(15-17-31)23-18-19(2)8-9-20(23)3/h8-13,18,24H,7,14-17H2,1-6H3. The maximum Gasteiger partial charge on any atom is 0.173 e. The van der Waals surface area contributed by atoms with Crippen molar-refractivity contribution in [1.29, 1.82) is 0 Å². The first-order chi connectivity index (χ1) is 15.8. The van der Waals surface area contributed by atoms with Gasteiger partial charge in [0.25, 0.3) is 0 Å². The smallest absolute Gasteiger partial charge is 0.173 e. The number of nitrogens with zero attached hydrogens (tertiary/aromatic N) is 6. The predicted molar refractivity (Wildman–Crippen MR) is 132 cm³/mol. The third-order valence-corrected chi connectivity index (χ3v) is 6.27. The Balaban J connectivity index is 1.63. The topological polar surface area (TPSA) is 59.3 Å². The van der Waals surface area contributed by atoms with E-state index in [4.69, 9.17) is 4.74 Å². The van der Waals surface area contributed by atoms with Crippen LogP contribution in [0.1, 0.15) is 56.3 Å². The second-order valence-electron chi connectivity index (χ2n) is 9.84. The first kappa shape index (κ1) is 23.2. The Morgan fingerprint density at radius 2 is 1.67 bits per heavy atom. The van der Waals surface area contributed by atoms with E-state index in [0.29, 0.717) is 6.61 Å². The number of hydrogen-bond donors (Lipinski definition) is 0. The summed E-state index contributed by atoms with van der Waals surface area (Å²) >= 11 is 0. The van der Waals surface area contributed by atoms with Crippen molar-refractivity contribution in [2.45, 2.75) is 53.1 Å². The van der Waals surface area contributed by atoms with E-state index >= 15 is 0 Å². The zero-order valence-corrected chi connectivity index (χ0v) is 20.7. The first-order valence-corrected chi connectivity index (χ1v) is 11.9. The van der Waals surface area contributed by atoms with E-state index in [-0.39, 0.29) is 11.6 Å². The fourth-order valence-electron chi connectivity index (χ4n) is 4.56. The molecule has 1 atom stereocenters. The molecule has 0 N–H and O–H groups in total. The van der Waals surface area contributed by atoms with Gasteiger partial charge in [-0.2, -0.15) is 0 Å². The average molecular weight is 449 g/mol. The summed E-state index contributed by atoms with van der Waals surface area (Å²) in [6, 6.07) is 15.1. The summed E-state index contributed by atoms with van der Waals surface area (Å²) in [5.74, 6) is 1.77. The van der Waals surface area contributed by atoms with Gasteiger partial charge in [-0.25, -0.2) is 4.68 Å². The molecule has 1 unspecified atom stereocenters. The molecule has 2 heterocycles. The largest absolute Gasteiger partial charge is 0.494 e. The van der Waals surface area contributed by atoms with Gasteiger partial charge in [0.1, 0.15) is 5.75 Å². The van der Waals surface area contributed by atoms with Crippen LogP contribution in [-0.4, -0.2) is 57.9 Å². The highest BCUT2D eigenvalue weighted by atomic mass is 16.5. The van der Waals surface area contributed by atoms with E-state index < -0.39 is 0 Å². The van der Waals surface area contributed by atoms with Crippen molar-refractivity contribution < 1.29 is 4.74 Å². The summed E-state index contributed by atoms with van der Waals surface area (Å²) in [6.45, 7) is 17.2. The summed E-state index contributed by atoms with van der Waals surface area (Å²) in [5.41, 5.74) is 4.94. The number of anilines is 1. The molecule has 0 aliphatic carbocycles. The Morgan fingerprint density at radius 1 is 0.970 bits per heavy atom. The lowest BCUT2D eigenvalue weighted by Crippen LogP contribution is -2.49. The maximum atomic E-state index is 5.67. The molecule has 7 nitrogen and oxygen atoms in total. The molecular weight excluding hydrogens is 412 g/mol. The quantitative estimate of drug-likeness (QED) is 0.559. The lowest BCUT2D eigenvalue weighted by molar-refractivity contribution is 0.191. The van der Waals surface area contributed by atoms with Crippen molar-refractivity contribution in [3.63, 3.8) is 0 Å². The van der Waals surface area contributed by atoms with Gasteiger partial charge in [0.15, 0.2) is 5.82 Å². The van der Waals surface area contributed by atoms with Gasteiger partial charge in [-0.05, 0) is 86.9 Å². The third kappa shape index (κ3) is 5.03. The molecule has 0 radical (unpaired) electrons. The van der Waals surface area contributed by atoms with Gasteiger partial charge in [-0.15, -0.1) is 5.10 Å². The molecule has 2 aromatic carbocycles. The van der Waals surface area contributed by atoms with Crippen LogP contribution in [0.25, 0.3) is 0 Å². The molecule has 7 heteroatoms.